The predicted octanol–water partition coefficient (Wildman–Crippen LogP) is 1.60. The number of hydrogen-bond donors (Lipinski definition) is 6. The summed E-state index contributed by atoms with van der Waals surface area (Å²) in [5.74, 6) is -1.21. The number of nitrogen functional groups attached to an aromatic ring is 1. The number of anilines is 1. The first-order chi connectivity index (χ1) is 17.7. The molecule has 4 rings (SSSR count). The first kappa shape index (κ1) is 26.7. The topological polar surface area (TPSA) is 196 Å². The lowest BCUT2D eigenvalue weighted by Gasteiger charge is -2.20. The quantitative estimate of drug-likeness (QED) is 0.151. The molecule has 1 unspecified atom stereocenters. The Hall–Kier alpha value is -4.91. The number of nitrogens with two attached hydrogens (primary N) is 1. The standard InChI is InChI=1S/C22H21FN8O2.C2H4O2/c23-17-7-2-13(8-11-32)12-16(17)18(28-15-5-3-14(4-6-15)19(24)25)20-29-22(33)31(30-20)21-26-9-1-10-27-21;1-2(3)4/h1-7,9-10,12,18,28,32H,8,11H2,(H3,24,25)(H,29,30,33);1H3,(H,3,4). The van der Waals surface area contributed by atoms with Gasteiger partial charge in [0.1, 0.15) is 17.7 Å². The second-order valence-electron chi connectivity index (χ2n) is 7.69. The summed E-state index contributed by atoms with van der Waals surface area (Å²) < 4.78 is 15.9. The van der Waals surface area contributed by atoms with Crippen molar-refractivity contribution < 1.29 is 19.4 Å². The summed E-state index contributed by atoms with van der Waals surface area (Å²) in [5.41, 5.74) is 7.01. The zero-order chi connectivity index (χ0) is 26.9. The fraction of sp³-hybridized carbons (Fsp3) is 0.167. The van der Waals surface area contributed by atoms with Gasteiger partial charge in [-0.3, -0.25) is 15.2 Å². The van der Waals surface area contributed by atoms with Crippen LogP contribution in [-0.2, 0) is 11.2 Å². The second kappa shape index (κ2) is 12.2. The van der Waals surface area contributed by atoms with Gasteiger partial charge < -0.3 is 21.3 Å². The molecular weight excluding hydrogens is 483 g/mol. The third-order valence-corrected chi connectivity index (χ3v) is 4.93. The zero-order valence-corrected chi connectivity index (χ0v) is 19.7. The maximum atomic E-state index is 15.0. The molecule has 2 heterocycles. The number of nitrogens with zero attached hydrogens (tertiary/aromatic N) is 4. The van der Waals surface area contributed by atoms with Crippen LogP contribution in [0.4, 0.5) is 10.1 Å². The van der Waals surface area contributed by atoms with Crippen molar-refractivity contribution in [2.45, 2.75) is 19.4 Å². The molecule has 2 aromatic heterocycles. The summed E-state index contributed by atoms with van der Waals surface area (Å²) >= 11 is 0. The molecule has 0 bridgehead atoms. The Bertz CT molecular complexity index is 1420. The van der Waals surface area contributed by atoms with Crippen LogP contribution in [-0.4, -0.2) is 53.4 Å². The highest BCUT2D eigenvalue weighted by atomic mass is 19.1. The molecule has 0 spiro atoms. The number of aromatic nitrogens is 5. The normalized spacial score (nSPS) is 11.2. The van der Waals surface area contributed by atoms with Crippen LogP contribution in [0.15, 0.2) is 65.7 Å². The number of aliphatic carboxylic acids is 1. The largest absolute Gasteiger partial charge is 0.481 e. The molecule has 0 saturated heterocycles. The number of benzene rings is 2. The van der Waals surface area contributed by atoms with Gasteiger partial charge in [0.15, 0.2) is 5.82 Å². The lowest BCUT2D eigenvalue weighted by Crippen LogP contribution is -2.18. The lowest BCUT2D eigenvalue weighted by atomic mass is 10.0. The number of hydrogen-bond acceptors (Lipinski definition) is 8. The highest BCUT2D eigenvalue weighted by Crippen LogP contribution is 2.27. The van der Waals surface area contributed by atoms with Gasteiger partial charge in [0.05, 0.1) is 0 Å². The van der Waals surface area contributed by atoms with Gasteiger partial charge in [-0.15, -0.1) is 9.78 Å². The van der Waals surface area contributed by atoms with Gasteiger partial charge >= 0.3 is 5.69 Å². The maximum Gasteiger partial charge on any atom is 0.350 e. The molecule has 2 aromatic carbocycles. The van der Waals surface area contributed by atoms with E-state index in [9.17, 15) is 14.3 Å². The summed E-state index contributed by atoms with van der Waals surface area (Å²) in [4.78, 5) is 32.3. The van der Waals surface area contributed by atoms with Crippen molar-refractivity contribution >= 4 is 17.5 Å². The zero-order valence-electron chi connectivity index (χ0n) is 19.7. The van der Waals surface area contributed by atoms with E-state index in [0.717, 1.165) is 17.2 Å². The molecule has 0 amide bonds. The number of aliphatic hydroxyl groups is 1. The van der Waals surface area contributed by atoms with Crippen LogP contribution in [0.5, 0.6) is 0 Å². The van der Waals surface area contributed by atoms with Gasteiger partial charge in [0.2, 0.25) is 0 Å². The first-order valence-electron chi connectivity index (χ1n) is 11.0. The summed E-state index contributed by atoms with van der Waals surface area (Å²) in [5, 5.41) is 31.7. The minimum absolute atomic E-state index is 0.0732. The second-order valence-corrected chi connectivity index (χ2v) is 7.69. The minimum Gasteiger partial charge on any atom is -0.481 e. The van der Waals surface area contributed by atoms with Gasteiger partial charge in [0, 0.05) is 42.7 Å². The van der Waals surface area contributed by atoms with E-state index in [1.807, 2.05) is 0 Å². The number of H-pyrrole nitrogens is 1. The molecule has 0 radical (unpaired) electrons. The summed E-state index contributed by atoms with van der Waals surface area (Å²) in [6.45, 7) is 0.993. The highest BCUT2D eigenvalue weighted by Gasteiger charge is 2.24. The molecule has 0 fully saturated rings. The van der Waals surface area contributed by atoms with Crippen molar-refractivity contribution in [1.82, 2.24) is 24.7 Å². The highest BCUT2D eigenvalue weighted by molar-refractivity contribution is 5.95. The van der Waals surface area contributed by atoms with Crippen LogP contribution < -0.4 is 16.7 Å². The van der Waals surface area contributed by atoms with Crippen molar-refractivity contribution in [1.29, 1.82) is 5.41 Å². The SMILES string of the molecule is CC(=O)O.N=C(N)c1ccc(NC(c2nn(-c3ncccn3)c(=O)[nH]2)c2cc(CCO)ccc2F)cc1. The molecule has 12 nitrogen and oxygen atoms in total. The molecule has 192 valence electrons. The average molecular weight is 509 g/mol. The Balaban J connectivity index is 0.000000886. The smallest absolute Gasteiger partial charge is 0.350 e. The number of nitrogens with one attached hydrogen (secondary N) is 3. The lowest BCUT2D eigenvalue weighted by molar-refractivity contribution is -0.134. The van der Waals surface area contributed by atoms with Gasteiger partial charge in [-0.2, -0.15) is 0 Å². The van der Waals surface area contributed by atoms with E-state index in [-0.39, 0.29) is 29.8 Å². The Kier molecular flexibility index (Phi) is 8.78. The molecule has 0 aliphatic rings. The number of carbonyl (C=O) groups is 1. The number of carboxylic acids is 1. The van der Waals surface area contributed by atoms with Crippen molar-refractivity contribution in [2.75, 3.05) is 11.9 Å². The number of rotatable bonds is 8. The third-order valence-electron chi connectivity index (χ3n) is 4.93. The summed E-state index contributed by atoms with van der Waals surface area (Å²) in [6, 6.07) is 11.9. The Morgan fingerprint density at radius 2 is 1.86 bits per heavy atom. The van der Waals surface area contributed by atoms with Crippen molar-refractivity contribution in [3.63, 3.8) is 0 Å². The molecule has 13 heteroatoms. The molecular formula is C24H25FN8O4. The Morgan fingerprint density at radius 3 is 2.46 bits per heavy atom. The maximum absolute atomic E-state index is 15.0. The van der Waals surface area contributed by atoms with E-state index >= 15 is 0 Å². The van der Waals surface area contributed by atoms with Crippen LogP contribution in [0.1, 0.15) is 35.5 Å². The van der Waals surface area contributed by atoms with Gasteiger partial charge in [-0.05, 0) is 48.4 Å². The predicted molar refractivity (Wildman–Crippen MR) is 133 cm³/mol. The van der Waals surface area contributed by atoms with Crippen LogP contribution in [0, 0.1) is 11.2 Å². The number of carboxylic acid groups (broad SMARTS) is 1. The van der Waals surface area contributed by atoms with Crippen LogP contribution in [0.3, 0.4) is 0 Å². The van der Waals surface area contributed by atoms with Crippen molar-refractivity contribution in [3.05, 3.63) is 99.7 Å². The molecule has 4 aromatic rings. The summed E-state index contributed by atoms with van der Waals surface area (Å²) in [7, 11) is 0. The van der Waals surface area contributed by atoms with E-state index < -0.39 is 23.5 Å². The Labute approximate surface area is 210 Å². The van der Waals surface area contributed by atoms with Gasteiger partial charge in [-0.25, -0.2) is 19.2 Å². The van der Waals surface area contributed by atoms with Crippen molar-refractivity contribution in [2.24, 2.45) is 5.73 Å². The van der Waals surface area contributed by atoms with E-state index in [1.165, 1.54) is 18.5 Å². The van der Waals surface area contributed by atoms with E-state index in [4.69, 9.17) is 21.0 Å². The van der Waals surface area contributed by atoms with E-state index in [1.54, 1.807) is 42.5 Å². The monoisotopic (exact) mass is 508 g/mol. The average Bonchev–Trinajstić information content (AvgIpc) is 3.26. The first-order valence-corrected chi connectivity index (χ1v) is 11.0. The molecule has 0 aliphatic heterocycles. The van der Waals surface area contributed by atoms with Gasteiger partial charge in [-0.1, -0.05) is 12.1 Å². The third kappa shape index (κ3) is 7.05. The molecule has 7 N–H and O–H groups in total. The fourth-order valence-electron chi connectivity index (χ4n) is 3.31. The molecule has 0 aliphatic carbocycles. The van der Waals surface area contributed by atoms with E-state index in [0.29, 0.717) is 17.7 Å². The molecule has 37 heavy (non-hydrogen) atoms. The van der Waals surface area contributed by atoms with Crippen molar-refractivity contribution in [3.8, 4) is 5.95 Å². The summed E-state index contributed by atoms with van der Waals surface area (Å²) in [6.07, 6.45) is 3.30. The number of aromatic amines is 1. The molecule has 0 saturated carbocycles. The van der Waals surface area contributed by atoms with E-state index in [2.05, 4.69) is 25.4 Å². The van der Waals surface area contributed by atoms with Gasteiger partial charge in [0.25, 0.3) is 11.9 Å². The number of aliphatic hydroxyl groups excluding tert-OH is 1. The minimum atomic E-state index is -0.885. The van der Waals surface area contributed by atoms with Crippen LogP contribution >= 0.6 is 0 Å². The Morgan fingerprint density at radius 1 is 1.22 bits per heavy atom. The fourth-order valence-corrected chi connectivity index (χ4v) is 3.31. The molecule has 1 atom stereocenters. The van der Waals surface area contributed by atoms with Crippen LogP contribution in [0.25, 0.3) is 5.95 Å². The number of amidine groups is 1. The van der Waals surface area contributed by atoms with Crippen LogP contribution in [0.2, 0.25) is 0 Å². The number of halogens is 1.